The Bertz CT molecular complexity index is 326. The molecule has 1 heterocycles. The molecular weight excluding hydrogens is 279 g/mol. The van der Waals surface area contributed by atoms with E-state index in [0.29, 0.717) is 0 Å². The summed E-state index contributed by atoms with van der Waals surface area (Å²) in [6.45, 7) is 6.66. The first-order valence-electron chi connectivity index (χ1n) is 5.16. The Labute approximate surface area is 91.6 Å². The summed E-state index contributed by atoms with van der Waals surface area (Å²) < 4.78 is 3.57. The average molecular weight is 301 g/mol. The second-order valence-corrected chi connectivity index (χ2v) is 20.4. The summed E-state index contributed by atoms with van der Waals surface area (Å²) in [4.78, 5) is 12.0. The van der Waals surface area contributed by atoms with Crippen LogP contribution in [0.5, 0.6) is 0 Å². The molecule has 0 aliphatic heterocycles. The molecule has 0 aliphatic rings. The Morgan fingerprint density at radius 3 is 1.93 bits per heavy atom. The molecule has 2 nitrogen and oxygen atoms in total. The summed E-state index contributed by atoms with van der Waals surface area (Å²) >= 11 is -1.97. The zero-order chi connectivity index (χ0) is 11.1. The van der Waals surface area contributed by atoms with E-state index in [1.54, 1.807) is 0 Å². The minimum atomic E-state index is -1.97. The van der Waals surface area contributed by atoms with Gasteiger partial charge in [-0.25, -0.2) is 0 Å². The monoisotopic (exact) mass is 302 g/mol. The van der Waals surface area contributed by atoms with Crippen molar-refractivity contribution in [3.63, 3.8) is 0 Å². The number of rotatable bonds is 1. The summed E-state index contributed by atoms with van der Waals surface area (Å²) in [6.07, 6.45) is 2.23. The molecule has 0 N–H and O–H groups in total. The maximum atomic E-state index is 4.81. The van der Waals surface area contributed by atoms with Gasteiger partial charge in [0.1, 0.15) is 0 Å². The van der Waals surface area contributed by atoms with Gasteiger partial charge in [-0.05, 0) is 0 Å². The zero-order valence-corrected chi connectivity index (χ0v) is 13.3. The number of aryl methyl sites for hydroxylation is 1. The molecule has 0 amide bonds. The van der Waals surface area contributed by atoms with Gasteiger partial charge in [-0.15, -0.1) is 0 Å². The van der Waals surface area contributed by atoms with E-state index < -0.39 is 18.4 Å². The Morgan fingerprint density at radius 1 is 1.21 bits per heavy atom. The first-order chi connectivity index (χ1) is 6.12. The van der Waals surface area contributed by atoms with E-state index in [1.165, 1.54) is 9.53 Å². The van der Waals surface area contributed by atoms with Gasteiger partial charge in [0, 0.05) is 0 Å². The van der Waals surface area contributed by atoms with Crippen LogP contribution in [0.4, 0.5) is 0 Å². The number of nitrogens with zero attached hydrogens (tertiary/aromatic N) is 2. The second-order valence-electron chi connectivity index (χ2n) is 6.06. The molecule has 0 bridgehead atoms. The summed E-state index contributed by atoms with van der Waals surface area (Å²) in [5, 5.41) is 0. The van der Waals surface area contributed by atoms with Crippen LogP contribution in [-0.4, -0.2) is 27.9 Å². The third-order valence-corrected chi connectivity index (χ3v) is 7.39. The van der Waals surface area contributed by atoms with Crippen LogP contribution in [-0.2, 0) is 12.5 Å². The van der Waals surface area contributed by atoms with Crippen molar-refractivity contribution in [2.24, 2.45) is 7.05 Å². The van der Waals surface area contributed by atoms with Crippen LogP contribution in [0.15, 0.2) is 6.20 Å². The van der Waals surface area contributed by atoms with Gasteiger partial charge < -0.3 is 0 Å². The fourth-order valence-electron chi connectivity index (χ4n) is 1.52. The summed E-state index contributed by atoms with van der Waals surface area (Å²) in [7, 11) is 2.11. The molecule has 0 radical (unpaired) electrons. The van der Waals surface area contributed by atoms with Gasteiger partial charge in [-0.3, -0.25) is 0 Å². The van der Waals surface area contributed by atoms with Gasteiger partial charge in [-0.1, -0.05) is 0 Å². The first-order valence-corrected chi connectivity index (χ1v) is 15.2. The van der Waals surface area contributed by atoms with E-state index in [0.717, 1.165) is 0 Å². The molecule has 80 valence electrons. The quantitative estimate of drug-likeness (QED) is 0.728. The molecule has 3 heteroatoms. The van der Waals surface area contributed by atoms with E-state index >= 15 is 0 Å². The van der Waals surface area contributed by atoms with Crippen molar-refractivity contribution in [3.8, 4) is 0 Å². The normalized spacial score (nSPS) is 13.4. The molecule has 0 aromatic carbocycles. The van der Waals surface area contributed by atoms with Gasteiger partial charge in [0.25, 0.3) is 0 Å². The van der Waals surface area contributed by atoms with E-state index in [9.17, 15) is 0 Å². The third-order valence-electron chi connectivity index (χ3n) is 2.32. The number of imidazole rings is 1. The molecule has 0 unspecified atom stereocenters. The topological polar surface area (TPSA) is 17.8 Å². The van der Waals surface area contributed by atoms with Crippen LogP contribution in [0.3, 0.4) is 0 Å². The van der Waals surface area contributed by atoms with Crippen LogP contribution >= 0.6 is 0 Å². The van der Waals surface area contributed by atoms with Gasteiger partial charge >= 0.3 is 91.7 Å². The molecule has 0 saturated heterocycles. The van der Waals surface area contributed by atoms with Crippen LogP contribution in [0.25, 0.3) is 0 Å². The van der Waals surface area contributed by atoms with Crippen molar-refractivity contribution in [1.29, 1.82) is 0 Å². The van der Waals surface area contributed by atoms with Crippen molar-refractivity contribution < 1.29 is 0 Å². The van der Waals surface area contributed by atoms with Gasteiger partial charge in [0.15, 0.2) is 0 Å². The molecule has 0 fully saturated rings. The summed E-state index contributed by atoms with van der Waals surface area (Å²) in [6, 6.07) is 0. The molecule has 14 heavy (non-hydrogen) atoms. The molecule has 0 atom stereocenters. The predicted octanol–water partition coefficient (Wildman–Crippen LogP) is 2.26. The van der Waals surface area contributed by atoms with E-state index in [2.05, 4.69) is 53.4 Å². The van der Waals surface area contributed by atoms with E-state index in [4.69, 9.17) is 4.98 Å². The summed E-state index contributed by atoms with van der Waals surface area (Å²) in [5.74, 6) is 1.21. The van der Waals surface area contributed by atoms with Crippen LogP contribution < -0.4 is 3.71 Å². The first kappa shape index (κ1) is 12.1. The molecule has 1 rings (SSSR count). The standard InChI is InChI=1S/C8H13N2.3CH3.Sn/c1-8(2,3)7-9-5-6-10(7)4;;;;/h6H,1-4H3;3*1H3;. The fourth-order valence-corrected chi connectivity index (χ4v) is 4.44. The summed E-state index contributed by atoms with van der Waals surface area (Å²) in [5.41, 5.74) is 0.157. The van der Waals surface area contributed by atoms with Crippen molar-refractivity contribution in [2.45, 2.75) is 41.0 Å². The number of hydrogen-bond donors (Lipinski definition) is 0. The molecule has 1 aromatic heterocycles. The Hall–Kier alpha value is 0.00870. The van der Waals surface area contributed by atoms with Crippen LogP contribution in [0.2, 0.25) is 14.8 Å². The molecular formula is C11H22N2Sn. The van der Waals surface area contributed by atoms with Crippen LogP contribution in [0, 0.1) is 0 Å². The van der Waals surface area contributed by atoms with Crippen molar-refractivity contribution in [3.05, 3.63) is 12.0 Å². The van der Waals surface area contributed by atoms with Gasteiger partial charge in [0.05, 0.1) is 0 Å². The number of aromatic nitrogens is 2. The number of hydrogen-bond acceptors (Lipinski definition) is 1. The minimum absolute atomic E-state index is 0.157. The van der Waals surface area contributed by atoms with Crippen molar-refractivity contribution >= 4 is 22.1 Å². The SMILES string of the molecule is Cn1c[c]([Sn]([CH3])([CH3])[CH3])nc1C(C)(C)C. The molecule has 0 spiro atoms. The maximum absolute atomic E-state index is 4.81. The van der Waals surface area contributed by atoms with Crippen molar-refractivity contribution in [2.75, 3.05) is 0 Å². The Morgan fingerprint density at radius 2 is 1.71 bits per heavy atom. The van der Waals surface area contributed by atoms with E-state index in [-0.39, 0.29) is 5.41 Å². The average Bonchev–Trinajstić information content (AvgIpc) is 2.27. The zero-order valence-electron chi connectivity index (χ0n) is 10.5. The molecule has 0 aliphatic carbocycles. The van der Waals surface area contributed by atoms with E-state index in [1.807, 2.05) is 0 Å². The van der Waals surface area contributed by atoms with Crippen molar-refractivity contribution in [1.82, 2.24) is 9.55 Å². The van der Waals surface area contributed by atoms with Gasteiger partial charge in [0.2, 0.25) is 0 Å². The van der Waals surface area contributed by atoms with Crippen LogP contribution in [0.1, 0.15) is 26.6 Å². The third kappa shape index (κ3) is 2.52. The fraction of sp³-hybridized carbons (Fsp3) is 0.727. The van der Waals surface area contributed by atoms with Gasteiger partial charge in [-0.2, -0.15) is 0 Å². The Balaban J connectivity index is 3.19. The molecule has 1 aromatic rings. The Kier molecular flexibility index (Phi) is 3.06. The second kappa shape index (κ2) is 3.54. The predicted molar refractivity (Wildman–Crippen MR) is 64.9 cm³/mol. The molecule has 0 saturated carbocycles.